The lowest BCUT2D eigenvalue weighted by Gasteiger charge is -2.36. The summed E-state index contributed by atoms with van der Waals surface area (Å²) in [6.45, 7) is 5.66. The number of carbonyl (C=O) groups excluding carboxylic acids is 2. The molecule has 3 aliphatic heterocycles. The quantitative estimate of drug-likeness (QED) is 0.615. The molecule has 3 heterocycles. The van der Waals surface area contributed by atoms with Crippen molar-refractivity contribution < 1.29 is 14.3 Å². The molecule has 0 aliphatic carbocycles. The van der Waals surface area contributed by atoms with E-state index in [9.17, 15) is 9.59 Å². The van der Waals surface area contributed by atoms with Crippen LogP contribution in [0.1, 0.15) is 6.92 Å². The Morgan fingerprint density at radius 1 is 1.45 bits per heavy atom. The van der Waals surface area contributed by atoms with Gasteiger partial charge in [0.25, 0.3) is 5.91 Å². The van der Waals surface area contributed by atoms with Crippen LogP contribution in [0.3, 0.4) is 0 Å². The molecule has 120 valence electrons. The van der Waals surface area contributed by atoms with Gasteiger partial charge in [0.05, 0.1) is 12.9 Å². The Morgan fingerprint density at radius 3 is 2.95 bits per heavy atom. The van der Waals surface area contributed by atoms with Crippen LogP contribution in [0.15, 0.2) is 16.9 Å². The first-order chi connectivity index (χ1) is 10.7. The fourth-order valence-corrected chi connectivity index (χ4v) is 2.94. The van der Waals surface area contributed by atoms with Crippen LogP contribution >= 0.6 is 0 Å². The fraction of sp³-hybridized carbons (Fsp3) is 0.643. The van der Waals surface area contributed by atoms with Crippen molar-refractivity contribution >= 4 is 18.2 Å². The predicted molar refractivity (Wildman–Crippen MR) is 80.1 cm³/mol. The Kier molecular flexibility index (Phi) is 4.28. The molecule has 22 heavy (non-hydrogen) atoms. The van der Waals surface area contributed by atoms with Gasteiger partial charge < -0.3 is 25.2 Å². The number of fused-ring (bicyclic) bond motifs is 1. The largest absolute Gasteiger partial charge is 0.465 e. The predicted octanol–water partition coefficient (Wildman–Crippen LogP) is -1.49. The number of hydrogen-bond donors (Lipinski definition) is 2. The lowest BCUT2D eigenvalue weighted by molar-refractivity contribution is -0.144. The minimum Gasteiger partial charge on any atom is -0.465 e. The monoisotopic (exact) mass is 307 g/mol. The maximum atomic E-state index is 12.4. The van der Waals surface area contributed by atoms with Gasteiger partial charge in [-0.05, 0) is 13.0 Å². The van der Waals surface area contributed by atoms with Crippen LogP contribution in [0, 0.1) is 0 Å². The van der Waals surface area contributed by atoms with Gasteiger partial charge in [0.15, 0.2) is 0 Å². The van der Waals surface area contributed by atoms with E-state index in [1.54, 1.807) is 18.2 Å². The molecule has 1 amide bonds. The zero-order valence-electron chi connectivity index (χ0n) is 12.6. The van der Waals surface area contributed by atoms with Crippen molar-refractivity contribution in [2.24, 2.45) is 4.99 Å². The summed E-state index contributed by atoms with van der Waals surface area (Å²) in [6, 6.07) is -0.705. The third-order valence-corrected chi connectivity index (χ3v) is 3.99. The van der Waals surface area contributed by atoms with Crippen molar-refractivity contribution in [1.82, 2.24) is 20.4 Å². The average Bonchev–Trinajstić information content (AvgIpc) is 2.92. The highest BCUT2D eigenvalue weighted by atomic mass is 16.5. The lowest BCUT2D eigenvalue weighted by atomic mass is 10.0. The number of hydrogen-bond acceptors (Lipinski definition) is 7. The molecule has 0 radical (unpaired) electrons. The molecule has 2 unspecified atom stereocenters. The second kappa shape index (κ2) is 6.35. The molecule has 1 saturated heterocycles. The van der Waals surface area contributed by atoms with Crippen LogP contribution in [0.25, 0.3) is 0 Å². The minimum absolute atomic E-state index is 0.0444. The molecule has 2 N–H and O–H groups in total. The third-order valence-electron chi connectivity index (χ3n) is 3.99. The van der Waals surface area contributed by atoms with Gasteiger partial charge in [-0.2, -0.15) is 0 Å². The fourth-order valence-electron chi connectivity index (χ4n) is 2.94. The first-order valence-electron chi connectivity index (χ1n) is 7.62. The first-order valence-corrected chi connectivity index (χ1v) is 7.62. The second-order valence-electron chi connectivity index (χ2n) is 5.46. The molecule has 1 fully saturated rings. The standard InChI is InChI=1S/C14H21N5O3/c1-2-22-12(20)8-19-9-16-10-7-11(17-14(21)13(10)19)18-5-3-15-4-6-18/h7,9-10,13,15H,2-6,8H2,1H3,(H,17,21). The summed E-state index contributed by atoms with van der Waals surface area (Å²) in [5, 5.41) is 6.22. The van der Waals surface area contributed by atoms with Gasteiger partial charge in [-0.15, -0.1) is 0 Å². The second-order valence-corrected chi connectivity index (χ2v) is 5.46. The summed E-state index contributed by atoms with van der Waals surface area (Å²) in [7, 11) is 0. The molecule has 2 atom stereocenters. The summed E-state index contributed by atoms with van der Waals surface area (Å²) >= 11 is 0. The van der Waals surface area contributed by atoms with E-state index in [0.29, 0.717) is 6.61 Å². The van der Waals surface area contributed by atoms with Gasteiger partial charge in [-0.25, -0.2) is 0 Å². The molecule has 0 saturated carbocycles. The number of amides is 1. The third kappa shape index (κ3) is 2.92. The summed E-state index contributed by atoms with van der Waals surface area (Å²) in [5.74, 6) is 0.352. The smallest absolute Gasteiger partial charge is 0.325 e. The Bertz CT molecular complexity index is 513. The van der Waals surface area contributed by atoms with E-state index in [4.69, 9.17) is 4.74 Å². The van der Waals surface area contributed by atoms with Crippen molar-refractivity contribution in [1.29, 1.82) is 0 Å². The van der Waals surface area contributed by atoms with Crippen LogP contribution in [-0.4, -0.2) is 79.4 Å². The number of nitrogens with zero attached hydrogens (tertiary/aromatic N) is 3. The topological polar surface area (TPSA) is 86.3 Å². The Morgan fingerprint density at radius 2 is 2.23 bits per heavy atom. The van der Waals surface area contributed by atoms with Crippen molar-refractivity contribution in [2.45, 2.75) is 19.0 Å². The number of rotatable bonds is 4. The van der Waals surface area contributed by atoms with E-state index in [0.717, 1.165) is 32.0 Å². The van der Waals surface area contributed by atoms with E-state index >= 15 is 0 Å². The van der Waals surface area contributed by atoms with Crippen LogP contribution in [0.5, 0.6) is 0 Å². The number of aliphatic imine (C=N–C) groups is 1. The molecule has 3 rings (SSSR count). The van der Waals surface area contributed by atoms with E-state index in [2.05, 4.69) is 20.5 Å². The summed E-state index contributed by atoms with van der Waals surface area (Å²) in [4.78, 5) is 32.2. The van der Waals surface area contributed by atoms with Gasteiger partial charge in [0.2, 0.25) is 0 Å². The van der Waals surface area contributed by atoms with Crippen LogP contribution < -0.4 is 10.6 Å². The molecule has 0 aromatic rings. The number of piperazine rings is 1. The Labute approximate surface area is 129 Å². The molecule has 8 nitrogen and oxygen atoms in total. The normalized spacial score (nSPS) is 27.3. The van der Waals surface area contributed by atoms with Crippen molar-refractivity contribution in [3.05, 3.63) is 11.9 Å². The molecule has 0 aromatic heterocycles. The number of carbonyl (C=O) groups is 2. The SMILES string of the molecule is CCOC(=O)CN1C=NC2C=C(N3CCNCC3)NC(=O)C21. The van der Waals surface area contributed by atoms with E-state index in [1.807, 2.05) is 6.08 Å². The van der Waals surface area contributed by atoms with Gasteiger partial charge in [-0.3, -0.25) is 14.6 Å². The van der Waals surface area contributed by atoms with Crippen molar-refractivity contribution in [3.63, 3.8) is 0 Å². The minimum atomic E-state index is -0.462. The summed E-state index contributed by atoms with van der Waals surface area (Å²) < 4.78 is 4.93. The Hall–Kier alpha value is -2.09. The van der Waals surface area contributed by atoms with E-state index in [1.165, 1.54) is 0 Å². The van der Waals surface area contributed by atoms with Gasteiger partial charge in [-0.1, -0.05) is 0 Å². The Balaban J connectivity index is 1.68. The molecular weight excluding hydrogens is 286 g/mol. The highest BCUT2D eigenvalue weighted by Gasteiger charge is 2.40. The van der Waals surface area contributed by atoms with Gasteiger partial charge >= 0.3 is 5.97 Å². The van der Waals surface area contributed by atoms with E-state index < -0.39 is 6.04 Å². The number of esters is 1. The van der Waals surface area contributed by atoms with Crippen molar-refractivity contribution in [3.8, 4) is 0 Å². The molecule has 0 bridgehead atoms. The van der Waals surface area contributed by atoms with Crippen LogP contribution in [0.2, 0.25) is 0 Å². The summed E-state index contributed by atoms with van der Waals surface area (Å²) in [6.07, 6.45) is 3.54. The molecule has 8 heteroatoms. The van der Waals surface area contributed by atoms with Crippen LogP contribution in [0.4, 0.5) is 0 Å². The number of ether oxygens (including phenoxy) is 1. The lowest BCUT2D eigenvalue weighted by Crippen LogP contribution is -2.56. The zero-order valence-corrected chi connectivity index (χ0v) is 12.6. The number of nitrogens with one attached hydrogen (secondary N) is 2. The van der Waals surface area contributed by atoms with Gasteiger partial charge in [0, 0.05) is 26.2 Å². The highest BCUT2D eigenvalue weighted by molar-refractivity contribution is 5.91. The summed E-state index contributed by atoms with van der Waals surface area (Å²) in [5.41, 5.74) is 0. The molecule has 0 spiro atoms. The molecule has 3 aliphatic rings. The van der Waals surface area contributed by atoms with Crippen LogP contribution in [-0.2, 0) is 14.3 Å². The highest BCUT2D eigenvalue weighted by Crippen LogP contribution is 2.22. The van der Waals surface area contributed by atoms with Crippen molar-refractivity contribution in [2.75, 3.05) is 39.3 Å². The molecule has 0 aromatic carbocycles. The maximum Gasteiger partial charge on any atom is 0.325 e. The first kappa shape index (κ1) is 14.8. The maximum absolute atomic E-state index is 12.4. The average molecular weight is 307 g/mol. The van der Waals surface area contributed by atoms with E-state index in [-0.39, 0.29) is 24.5 Å². The van der Waals surface area contributed by atoms with Gasteiger partial charge in [0.1, 0.15) is 24.4 Å². The zero-order chi connectivity index (χ0) is 15.5. The molecular formula is C14H21N5O3.